The zero-order chi connectivity index (χ0) is 11.0. The van der Waals surface area contributed by atoms with E-state index in [1.54, 1.807) is 11.3 Å². The van der Waals surface area contributed by atoms with Gasteiger partial charge >= 0.3 is 0 Å². The van der Waals surface area contributed by atoms with E-state index in [0.717, 1.165) is 21.9 Å². The van der Waals surface area contributed by atoms with Crippen molar-refractivity contribution in [3.8, 4) is 0 Å². The van der Waals surface area contributed by atoms with Crippen LogP contribution in [-0.2, 0) is 0 Å². The molecule has 3 rings (SSSR count). The van der Waals surface area contributed by atoms with E-state index in [1.807, 2.05) is 17.5 Å². The highest BCUT2D eigenvalue weighted by atomic mass is 79.9. The molecule has 0 saturated heterocycles. The minimum Gasteiger partial charge on any atom is -0.339 e. The first-order chi connectivity index (χ1) is 7.81. The molecule has 1 aliphatic carbocycles. The largest absolute Gasteiger partial charge is 0.339 e. The van der Waals surface area contributed by atoms with E-state index in [1.165, 1.54) is 12.8 Å². The van der Waals surface area contributed by atoms with Crippen LogP contribution in [0.15, 0.2) is 27.5 Å². The fourth-order valence-corrected chi connectivity index (χ4v) is 2.49. The van der Waals surface area contributed by atoms with Gasteiger partial charge < -0.3 is 5.32 Å². The number of hydrogen-bond donors (Lipinski definition) is 1. The molecule has 0 aliphatic heterocycles. The van der Waals surface area contributed by atoms with Crippen molar-refractivity contribution in [3.63, 3.8) is 0 Å². The van der Waals surface area contributed by atoms with Crippen LogP contribution in [0.25, 0.3) is 0 Å². The van der Waals surface area contributed by atoms with E-state index in [2.05, 4.69) is 36.6 Å². The second-order valence-corrected chi connectivity index (χ2v) is 5.44. The van der Waals surface area contributed by atoms with Gasteiger partial charge in [-0.15, -0.1) is 0 Å². The second kappa shape index (κ2) is 4.14. The summed E-state index contributed by atoms with van der Waals surface area (Å²) in [5, 5.41) is 7.38. The van der Waals surface area contributed by atoms with Gasteiger partial charge in [0.1, 0.15) is 16.2 Å². The fourth-order valence-electron chi connectivity index (χ4n) is 1.51. The molecule has 0 aromatic carbocycles. The first-order valence-electron chi connectivity index (χ1n) is 5.15. The van der Waals surface area contributed by atoms with Gasteiger partial charge in [0.25, 0.3) is 0 Å². The number of thiophene rings is 1. The predicted molar refractivity (Wildman–Crippen MR) is 69.3 cm³/mol. The molecule has 0 unspecified atom stereocenters. The van der Waals surface area contributed by atoms with Gasteiger partial charge in [-0.3, -0.25) is 0 Å². The second-order valence-electron chi connectivity index (χ2n) is 3.85. The Kier molecular flexibility index (Phi) is 2.65. The molecule has 1 aliphatic rings. The van der Waals surface area contributed by atoms with Crippen molar-refractivity contribution in [3.05, 3.63) is 33.3 Å². The summed E-state index contributed by atoms with van der Waals surface area (Å²) in [6, 6.07) is 3.95. The van der Waals surface area contributed by atoms with Gasteiger partial charge in [0.15, 0.2) is 0 Å². The van der Waals surface area contributed by atoms with Crippen molar-refractivity contribution in [1.29, 1.82) is 0 Å². The van der Waals surface area contributed by atoms with Crippen LogP contribution >= 0.6 is 27.3 Å². The quantitative estimate of drug-likeness (QED) is 0.872. The van der Waals surface area contributed by atoms with Crippen molar-refractivity contribution in [2.75, 3.05) is 5.32 Å². The Morgan fingerprint density at radius 2 is 2.25 bits per heavy atom. The smallest absolute Gasteiger partial charge is 0.135 e. The third kappa shape index (κ3) is 2.25. The van der Waals surface area contributed by atoms with Crippen molar-refractivity contribution in [2.24, 2.45) is 0 Å². The van der Waals surface area contributed by atoms with Crippen LogP contribution < -0.4 is 5.32 Å². The number of halogens is 1. The maximum atomic E-state index is 4.52. The van der Waals surface area contributed by atoms with Crippen LogP contribution in [0.2, 0.25) is 0 Å². The summed E-state index contributed by atoms with van der Waals surface area (Å²) in [5.41, 5.74) is 1.08. The number of anilines is 2. The third-order valence-corrected chi connectivity index (χ3v) is 3.54. The van der Waals surface area contributed by atoms with Gasteiger partial charge in [0.05, 0.1) is 5.69 Å². The standard InChI is InChI=1S/C11H10BrN3S/c12-9-5-10(13-8-3-4-16-6-8)15-11(14-9)7-1-2-7/h3-7H,1-2H2,(H,13,14,15). The number of nitrogens with one attached hydrogen (secondary N) is 1. The Bertz CT molecular complexity index is 494. The molecule has 1 N–H and O–H groups in total. The zero-order valence-corrected chi connectivity index (χ0v) is 10.9. The molecule has 0 amide bonds. The van der Waals surface area contributed by atoms with Crippen LogP contribution in [0.1, 0.15) is 24.6 Å². The average Bonchev–Trinajstić information content (AvgIpc) is 2.98. The van der Waals surface area contributed by atoms with E-state index in [9.17, 15) is 0 Å². The number of rotatable bonds is 3. The van der Waals surface area contributed by atoms with Gasteiger partial charge in [-0.25, -0.2) is 9.97 Å². The van der Waals surface area contributed by atoms with Crippen LogP contribution in [0.4, 0.5) is 11.5 Å². The summed E-state index contributed by atoms with van der Waals surface area (Å²) in [7, 11) is 0. The lowest BCUT2D eigenvalue weighted by Crippen LogP contribution is -1.98. The molecule has 2 aromatic heterocycles. The summed E-state index contributed by atoms with van der Waals surface area (Å²) in [6.45, 7) is 0. The Hall–Kier alpha value is -0.940. The van der Waals surface area contributed by atoms with Crippen LogP contribution in [0.5, 0.6) is 0 Å². The van der Waals surface area contributed by atoms with Gasteiger partial charge in [0, 0.05) is 17.4 Å². The van der Waals surface area contributed by atoms with E-state index in [-0.39, 0.29) is 0 Å². The van der Waals surface area contributed by atoms with Crippen LogP contribution in [0.3, 0.4) is 0 Å². The summed E-state index contributed by atoms with van der Waals surface area (Å²) < 4.78 is 0.849. The molecule has 2 heterocycles. The highest BCUT2D eigenvalue weighted by Gasteiger charge is 2.27. The molecular weight excluding hydrogens is 286 g/mol. The molecule has 3 nitrogen and oxygen atoms in total. The lowest BCUT2D eigenvalue weighted by molar-refractivity contribution is 0.919. The minimum absolute atomic E-state index is 0.570. The van der Waals surface area contributed by atoms with Gasteiger partial charge in [-0.1, -0.05) is 0 Å². The summed E-state index contributed by atoms with van der Waals surface area (Å²) in [5.74, 6) is 2.38. The molecular formula is C11H10BrN3S. The number of aromatic nitrogens is 2. The number of hydrogen-bond acceptors (Lipinski definition) is 4. The highest BCUT2D eigenvalue weighted by Crippen LogP contribution is 2.39. The topological polar surface area (TPSA) is 37.8 Å². The molecule has 1 saturated carbocycles. The molecule has 5 heteroatoms. The monoisotopic (exact) mass is 295 g/mol. The first-order valence-corrected chi connectivity index (χ1v) is 6.88. The van der Waals surface area contributed by atoms with Crippen LogP contribution in [-0.4, -0.2) is 9.97 Å². The zero-order valence-electron chi connectivity index (χ0n) is 8.48. The van der Waals surface area contributed by atoms with Gasteiger partial charge in [-0.05, 0) is 40.2 Å². The Morgan fingerprint density at radius 3 is 2.94 bits per heavy atom. The van der Waals surface area contributed by atoms with Crippen molar-refractivity contribution < 1.29 is 0 Å². The van der Waals surface area contributed by atoms with E-state index in [0.29, 0.717) is 5.92 Å². The molecule has 0 bridgehead atoms. The first kappa shape index (κ1) is 10.2. The lowest BCUT2D eigenvalue weighted by Gasteiger charge is -2.05. The summed E-state index contributed by atoms with van der Waals surface area (Å²) >= 11 is 5.09. The predicted octanol–water partition coefficient (Wildman–Crippen LogP) is 3.92. The van der Waals surface area contributed by atoms with Gasteiger partial charge in [0.2, 0.25) is 0 Å². The molecule has 0 radical (unpaired) electrons. The Balaban J connectivity index is 1.88. The van der Waals surface area contributed by atoms with E-state index >= 15 is 0 Å². The van der Waals surface area contributed by atoms with Crippen molar-refractivity contribution in [2.45, 2.75) is 18.8 Å². The van der Waals surface area contributed by atoms with Crippen molar-refractivity contribution >= 4 is 38.8 Å². The summed E-state index contributed by atoms with van der Waals surface area (Å²) in [4.78, 5) is 8.92. The molecule has 0 spiro atoms. The van der Waals surface area contributed by atoms with Gasteiger partial charge in [-0.2, -0.15) is 11.3 Å². The molecule has 1 fully saturated rings. The highest BCUT2D eigenvalue weighted by molar-refractivity contribution is 9.10. The normalized spacial score (nSPS) is 15.1. The maximum absolute atomic E-state index is 4.52. The average molecular weight is 296 g/mol. The number of nitrogens with zero attached hydrogens (tertiary/aromatic N) is 2. The Labute approximate surface area is 106 Å². The molecule has 2 aromatic rings. The third-order valence-electron chi connectivity index (χ3n) is 2.45. The lowest BCUT2D eigenvalue weighted by atomic mass is 10.4. The maximum Gasteiger partial charge on any atom is 0.135 e. The van der Waals surface area contributed by atoms with E-state index in [4.69, 9.17) is 0 Å². The van der Waals surface area contributed by atoms with E-state index < -0.39 is 0 Å². The molecule has 16 heavy (non-hydrogen) atoms. The molecule has 0 atom stereocenters. The van der Waals surface area contributed by atoms with Crippen molar-refractivity contribution in [1.82, 2.24) is 9.97 Å². The minimum atomic E-state index is 0.570. The SMILES string of the molecule is Brc1cc(Nc2ccsc2)nc(C2CC2)n1. The fraction of sp³-hybridized carbons (Fsp3) is 0.273. The van der Waals surface area contributed by atoms with Crippen LogP contribution in [0, 0.1) is 0 Å². The molecule has 82 valence electrons. The summed E-state index contributed by atoms with van der Waals surface area (Å²) in [6.07, 6.45) is 2.43. The Morgan fingerprint density at radius 1 is 1.38 bits per heavy atom.